The molecule has 0 aliphatic rings. The Labute approximate surface area is 187 Å². The third kappa shape index (κ3) is 6.81. The first kappa shape index (κ1) is 24.9. The number of hydrogen-bond donors (Lipinski definition) is 2. The molecule has 2 rings (SSSR count). The first-order valence-electron chi connectivity index (χ1n) is 10.1. The van der Waals surface area contributed by atoms with Crippen molar-refractivity contribution in [1.29, 1.82) is 0 Å². The number of para-hydroxylation sites is 1. The minimum atomic E-state index is -3.82. The summed E-state index contributed by atoms with van der Waals surface area (Å²) in [7, 11) is -3.82. The lowest BCUT2D eigenvalue weighted by Gasteiger charge is -2.22. The molecule has 3 amide bonds. The Morgan fingerprint density at radius 2 is 1.62 bits per heavy atom. The molecule has 0 aliphatic carbocycles. The van der Waals surface area contributed by atoms with Gasteiger partial charge in [-0.05, 0) is 49.2 Å². The lowest BCUT2D eigenvalue weighted by atomic mass is 10.2. The number of benzene rings is 2. The maximum atomic E-state index is 13.0. The molecule has 0 saturated carbocycles. The number of anilines is 1. The van der Waals surface area contributed by atoms with Gasteiger partial charge in [-0.25, -0.2) is 18.0 Å². The summed E-state index contributed by atoms with van der Waals surface area (Å²) < 4.78 is 32.1. The molecule has 9 nitrogen and oxygen atoms in total. The fourth-order valence-corrected chi connectivity index (χ4v) is 4.17. The number of sulfonamides is 1. The van der Waals surface area contributed by atoms with Gasteiger partial charge < -0.3 is 10.1 Å². The van der Waals surface area contributed by atoms with Crippen LogP contribution < -0.4 is 14.9 Å². The van der Waals surface area contributed by atoms with Crippen LogP contribution in [0, 0.1) is 5.92 Å². The van der Waals surface area contributed by atoms with Crippen LogP contribution in [0.3, 0.4) is 0 Å². The van der Waals surface area contributed by atoms with Crippen molar-refractivity contribution in [3.63, 3.8) is 0 Å². The molecule has 172 valence electrons. The second-order valence-electron chi connectivity index (χ2n) is 7.26. The van der Waals surface area contributed by atoms with Gasteiger partial charge in [0.25, 0.3) is 15.9 Å². The van der Waals surface area contributed by atoms with Gasteiger partial charge in [0.2, 0.25) is 0 Å². The monoisotopic (exact) mass is 461 g/mol. The fraction of sp³-hybridized carbons (Fsp3) is 0.318. The number of ether oxygens (including phenoxy) is 1. The summed E-state index contributed by atoms with van der Waals surface area (Å²) in [4.78, 5) is 35.4. The van der Waals surface area contributed by atoms with Crippen LogP contribution in [-0.4, -0.2) is 46.0 Å². The van der Waals surface area contributed by atoms with Gasteiger partial charge in [0.1, 0.15) is 0 Å². The van der Waals surface area contributed by atoms with E-state index in [2.05, 4.69) is 10.6 Å². The zero-order valence-corrected chi connectivity index (χ0v) is 19.0. The Balaban J connectivity index is 1.98. The minimum absolute atomic E-state index is 0.0133. The highest BCUT2D eigenvalue weighted by Crippen LogP contribution is 2.23. The molecule has 32 heavy (non-hydrogen) atoms. The summed E-state index contributed by atoms with van der Waals surface area (Å²) in [6.45, 7) is 5.52. The Morgan fingerprint density at radius 1 is 1.00 bits per heavy atom. The Morgan fingerprint density at radius 3 is 2.19 bits per heavy atom. The molecule has 0 atom stereocenters. The molecule has 10 heteroatoms. The smallest absolute Gasteiger partial charge is 0.338 e. The van der Waals surface area contributed by atoms with Gasteiger partial charge >= 0.3 is 12.0 Å². The molecule has 0 aliphatic heterocycles. The first-order chi connectivity index (χ1) is 15.1. The van der Waals surface area contributed by atoms with E-state index in [0.717, 1.165) is 0 Å². The third-order valence-electron chi connectivity index (χ3n) is 4.27. The largest absolute Gasteiger partial charge is 0.452 e. The van der Waals surface area contributed by atoms with Gasteiger partial charge in [-0.3, -0.25) is 14.4 Å². The number of carbonyl (C=O) groups is 3. The van der Waals surface area contributed by atoms with E-state index >= 15 is 0 Å². The number of carbonyl (C=O) groups excluding carboxylic acids is 3. The van der Waals surface area contributed by atoms with Crippen LogP contribution in [0.4, 0.5) is 10.5 Å². The van der Waals surface area contributed by atoms with E-state index in [9.17, 15) is 22.8 Å². The fourth-order valence-electron chi connectivity index (χ4n) is 2.69. The van der Waals surface area contributed by atoms with Crippen LogP contribution >= 0.6 is 0 Å². The van der Waals surface area contributed by atoms with Crippen molar-refractivity contribution in [2.24, 2.45) is 5.92 Å². The number of amides is 3. The van der Waals surface area contributed by atoms with E-state index in [4.69, 9.17) is 4.74 Å². The number of hydrogen-bond acceptors (Lipinski definition) is 6. The zero-order valence-electron chi connectivity index (χ0n) is 18.2. The van der Waals surface area contributed by atoms with Crippen LogP contribution in [0.5, 0.6) is 0 Å². The van der Waals surface area contributed by atoms with Crippen molar-refractivity contribution in [3.8, 4) is 0 Å². The van der Waals surface area contributed by atoms with Crippen LogP contribution in [0.2, 0.25) is 0 Å². The third-order valence-corrected chi connectivity index (χ3v) is 6.18. The molecule has 0 saturated heterocycles. The summed E-state index contributed by atoms with van der Waals surface area (Å²) >= 11 is 0. The van der Waals surface area contributed by atoms with Crippen molar-refractivity contribution < 1.29 is 27.5 Å². The molecule has 0 bridgehead atoms. The Kier molecular flexibility index (Phi) is 8.77. The van der Waals surface area contributed by atoms with Crippen LogP contribution in [0.1, 0.15) is 31.1 Å². The number of rotatable bonds is 9. The molecule has 0 aromatic heterocycles. The van der Waals surface area contributed by atoms with Gasteiger partial charge in [0.15, 0.2) is 6.61 Å². The van der Waals surface area contributed by atoms with Crippen molar-refractivity contribution in [2.45, 2.75) is 25.7 Å². The normalized spacial score (nSPS) is 11.0. The van der Waals surface area contributed by atoms with Gasteiger partial charge in [-0.1, -0.05) is 32.0 Å². The molecule has 0 fully saturated rings. The second kappa shape index (κ2) is 11.3. The van der Waals surface area contributed by atoms with Gasteiger partial charge in [0, 0.05) is 13.1 Å². The average molecular weight is 462 g/mol. The minimum Gasteiger partial charge on any atom is -0.452 e. The van der Waals surface area contributed by atoms with Gasteiger partial charge in [0.05, 0.1) is 16.1 Å². The van der Waals surface area contributed by atoms with Crippen molar-refractivity contribution in [2.75, 3.05) is 24.0 Å². The molecule has 0 heterocycles. The van der Waals surface area contributed by atoms with Crippen molar-refractivity contribution >= 4 is 33.6 Å². The molecular formula is C22H27N3O6S. The summed E-state index contributed by atoms with van der Waals surface area (Å²) in [5, 5.41) is 4.56. The maximum Gasteiger partial charge on any atom is 0.338 e. The number of imide groups is 1. The van der Waals surface area contributed by atoms with E-state index in [1.807, 2.05) is 13.8 Å². The van der Waals surface area contributed by atoms with Crippen molar-refractivity contribution in [1.82, 2.24) is 10.6 Å². The molecule has 0 spiro atoms. The molecule has 2 aromatic rings. The standard InChI is InChI=1S/C22H27N3O6S/c1-4-25(18-8-6-5-7-9-18)32(29,30)19-12-10-17(11-13-19)21(27)31-15-20(26)24-22(28)23-14-16(2)3/h5-13,16H,4,14-15H2,1-3H3,(H2,23,24,26,28). The lowest BCUT2D eigenvalue weighted by molar-refractivity contribution is -0.123. The van der Waals surface area contributed by atoms with Crippen LogP contribution in [0.25, 0.3) is 0 Å². The summed E-state index contributed by atoms with van der Waals surface area (Å²) in [6.07, 6.45) is 0. The number of esters is 1. The van der Waals surface area contributed by atoms with Crippen molar-refractivity contribution in [3.05, 3.63) is 60.2 Å². The molecule has 0 unspecified atom stereocenters. The first-order valence-corrected chi connectivity index (χ1v) is 11.5. The summed E-state index contributed by atoms with van der Waals surface area (Å²) in [5.74, 6) is -1.38. The van der Waals surface area contributed by atoms with Gasteiger partial charge in [-0.15, -0.1) is 0 Å². The summed E-state index contributed by atoms with van der Waals surface area (Å²) in [6, 6.07) is 13.2. The summed E-state index contributed by atoms with van der Waals surface area (Å²) in [5.41, 5.74) is 0.602. The van der Waals surface area contributed by atoms with E-state index in [1.165, 1.54) is 28.6 Å². The average Bonchev–Trinajstić information content (AvgIpc) is 2.77. The highest BCUT2D eigenvalue weighted by molar-refractivity contribution is 7.92. The maximum absolute atomic E-state index is 13.0. The van der Waals surface area contributed by atoms with E-state index in [0.29, 0.717) is 12.2 Å². The number of nitrogens with zero attached hydrogens (tertiary/aromatic N) is 1. The highest BCUT2D eigenvalue weighted by atomic mass is 32.2. The van der Waals surface area contributed by atoms with E-state index < -0.39 is 34.5 Å². The highest BCUT2D eigenvalue weighted by Gasteiger charge is 2.24. The lowest BCUT2D eigenvalue weighted by Crippen LogP contribution is -2.42. The van der Waals surface area contributed by atoms with Gasteiger partial charge in [-0.2, -0.15) is 0 Å². The molecule has 2 aromatic carbocycles. The topological polar surface area (TPSA) is 122 Å². The Hall–Kier alpha value is -3.40. The molecule has 2 N–H and O–H groups in total. The second-order valence-corrected chi connectivity index (χ2v) is 9.12. The van der Waals surface area contributed by atoms with Crippen LogP contribution in [-0.2, 0) is 19.6 Å². The predicted octanol–water partition coefficient (Wildman–Crippen LogP) is 2.54. The zero-order chi connectivity index (χ0) is 23.7. The number of nitrogens with one attached hydrogen (secondary N) is 2. The van der Waals surface area contributed by atoms with E-state index in [1.54, 1.807) is 37.3 Å². The van der Waals surface area contributed by atoms with Crippen LogP contribution in [0.15, 0.2) is 59.5 Å². The molecular weight excluding hydrogens is 434 g/mol. The number of urea groups is 1. The quantitative estimate of drug-likeness (QED) is 0.554. The SMILES string of the molecule is CCN(c1ccccc1)S(=O)(=O)c1ccc(C(=O)OCC(=O)NC(=O)NCC(C)C)cc1. The Bertz CT molecular complexity index is 1040. The van der Waals surface area contributed by atoms with E-state index in [-0.39, 0.29) is 22.9 Å². The predicted molar refractivity (Wildman–Crippen MR) is 120 cm³/mol. The molecule has 0 radical (unpaired) electrons.